The summed E-state index contributed by atoms with van der Waals surface area (Å²) in [4.78, 5) is 4.09. The van der Waals surface area contributed by atoms with E-state index in [2.05, 4.69) is 33.1 Å². The summed E-state index contributed by atoms with van der Waals surface area (Å²) >= 11 is 0. The summed E-state index contributed by atoms with van der Waals surface area (Å²) < 4.78 is 7.65. The van der Waals surface area contributed by atoms with Gasteiger partial charge in [0, 0.05) is 31.5 Å². The van der Waals surface area contributed by atoms with Crippen molar-refractivity contribution < 1.29 is 9.84 Å². The number of rotatable bonds is 5. The molecule has 0 radical (unpaired) electrons. The SMILES string of the molecule is O[C@@H]1CC(Cn2ccnc2)C[C@H]1NCc1cccc2c1CCOC2. The Morgan fingerprint density at radius 3 is 3.17 bits per heavy atom. The van der Waals surface area contributed by atoms with Crippen LogP contribution in [0.3, 0.4) is 0 Å². The van der Waals surface area contributed by atoms with E-state index < -0.39 is 0 Å². The van der Waals surface area contributed by atoms with Crippen LogP contribution in [0.25, 0.3) is 0 Å². The zero-order valence-electron chi connectivity index (χ0n) is 13.9. The molecular formula is C19H25N3O2. The monoisotopic (exact) mass is 327 g/mol. The smallest absolute Gasteiger partial charge is 0.0945 e. The van der Waals surface area contributed by atoms with Crippen LogP contribution in [0.4, 0.5) is 0 Å². The van der Waals surface area contributed by atoms with Crippen molar-refractivity contribution in [3.8, 4) is 0 Å². The van der Waals surface area contributed by atoms with Crippen LogP contribution in [0.1, 0.15) is 29.5 Å². The molecule has 5 heteroatoms. The fourth-order valence-corrected chi connectivity index (χ4v) is 4.09. The molecule has 1 fully saturated rings. The number of aliphatic hydroxyl groups excluding tert-OH is 1. The van der Waals surface area contributed by atoms with Crippen molar-refractivity contribution in [1.82, 2.24) is 14.9 Å². The number of hydrogen-bond acceptors (Lipinski definition) is 4. The van der Waals surface area contributed by atoms with Gasteiger partial charge in [0.1, 0.15) is 0 Å². The van der Waals surface area contributed by atoms with Crippen LogP contribution in [-0.4, -0.2) is 33.4 Å². The molecule has 0 spiro atoms. The van der Waals surface area contributed by atoms with Gasteiger partial charge in [0.05, 0.1) is 25.6 Å². The normalized spacial score (nSPS) is 26.5. The molecule has 2 N–H and O–H groups in total. The van der Waals surface area contributed by atoms with E-state index in [1.54, 1.807) is 0 Å². The lowest BCUT2D eigenvalue weighted by Gasteiger charge is -2.22. The third-order valence-corrected chi connectivity index (χ3v) is 5.33. The van der Waals surface area contributed by atoms with Gasteiger partial charge in [0.15, 0.2) is 0 Å². The maximum Gasteiger partial charge on any atom is 0.0945 e. The predicted molar refractivity (Wildman–Crippen MR) is 91.4 cm³/mol. The fourth-order valence-electron chi connectivity index (χ4n) is 4.09. The lowest BCUT2D eigenvalue weighted by atomic mass is 9.97. The van der Waals surface area contributed by atoms with Gasteiger partial charge in [-0.15, -0.1) is 0 Å². The highest BCUT2D eigenvalue weighted by molar-refractivity contribution is 5.36. The minimum atomic E-state index is -0.263. The number of aliphatic hydroxyl groups is 1. The van der Waals surface area contributed by atoms with Gasteiger partial charge in [0.2, 0.25) is 0 Å². The number of imidazole rings is 1. The largest absolute Gasteiger partial charge is 0.391 e. The summed E-state index contributed by atoms with van der Waals surface area (Å²) in [5.74, 6) is 0.504. The summed E-state index contributed by atoms with van der Waals surface area (Å²) in [6.07, 6.45) is 8.25. The van der Waals surface area contributed by atoms with Gasteiger partial charge in [-0.25, -0.2) is 4.98 Å². The summed E-state index contributed by atoms with van der Waals surface area (Å²) in [5, 5.41) is 14.0. The molecule has 5 nitrogen and oxygen atoms in total. The first-order chi connectivity index (χ1) is 11.8. The van der Waals surface area contributed by atoms with Crippen molar-refractivity contribution in [2.75, 3.05) is 6.61 Å². The van der Waals surface area contributed by atoms with Gasteiger partial charge < -0.3 is 19.7 Å². The average Bonchev–Trinajstić information content (AvgIpc) is 3.23. The van der Waals surface area contributed by atoms with E-state index in [1.807, 2.05) is 18.7 Å². The molecule has 128 valence electrons. The maximum atomic E-state index is 10.4. The average molecular weight is 327 g/mol. The molecule has 24 heavy (non-hydrogen) atoms. The number of aromatic nitrogens is 2. The molecule has 0 saturated heterocycles. The van der Waals surface area contributed by atoms with Gasteiger partial charge in [-0.1, -0.05) is 18.2 Å². The molecule has 2 aliphatic rings. The lowest BCUT2D eigenvalue weighted by molar-refractivity contribution is 0.110. The highest BCUT2D eigenvalue weighted by Gasteiger charge is 2.32. The number of benzene rings is 1. The summed E-state index contributed by atoms with van der Waals surface area (Å²) in [5.41, 5.74) is 4.09. The summed E-state index contributed by atoms with van der Waals surface area (Å²) in [7, 11) is 0. The molecule has 1 aliphatic heterocycles. The number of nitrogens with one attached hydrogen (secondary N) is 1. The highest BCUT2D eigenvalue weighted by atomic mass is 16.5. The second-order valence-electron chi connectivity index (χ2n) is 7.01. The molecule has 1 saturated carbocycles. The standard InChI is InChI=1S/C19H25N3O2/c23-19-9-14(11-22-6-5-20-13-22)8-18(19)21-10-15-2-1-3-16-12-24-7-4-17(15)16/h1-3,5-6,13-14,18-19,21,23H,4,7-12H2/t14?,18-,19-/m1/s1. The van der Waals surface area contributed by atoms with E-state index in [1.165, 1.54) is 16.7 Å². The van der Waals surface area contributed by atoms with Crippen LogP contribution in [0.2, 0.25) is 0 Å². The molecule has 2 heterocycles. The molecule has 4 rings (SSSR count). The van der Waals surface area contributed by atoms with E-state index in [0.717, 1.165) is 45.6 Å². The topological polar surface area (TPSA) is 59.3 Å². The minimum Gasteiger partial charge on any atom is -0.391 e. The number of ether oxygens (including phenoxy) is 1. The van der Waals surface area contributed by atoms with E-state index >= 15 is 0 Å². The van der Waals surface area contributed by atoms with Crippen molar-refractivity contribution in [3.63, 3.8) is 0 Å². The molecule has 2 aromatic rings. The van der Waals surface area contributed by atoms with Crippen LogP contribution < -0.4 is 5.32 Å². The second-order valence-corrected chi connectivity index (χ2v) is 7.01. The fraction of sp³-hybridized carbons (Fsp3) is 0.526. The first-order valence-corrected chi connectivity index (χ1v) is 8.84. The molecular weight excluding hydrogens is 302 g/mol. The number of nitrogens with zero attached hydrogens (tertiary/aromatic N) is 2. The summed E-state index contributed by atoms with van der Waals surface area (Å²) in [6.45, 7) is 3.29. The maximum absolute atomic E-state index is 10.4. The molecule has 1 unspecified atom stereocenters. The molecule has 0 bridgehead atoms. The Morgan fingerprint density at radius 1 is 1.33 bits per heavy atom. The van der Waals surface area contributed by atoms with Crippen molar-refractivity contribution >= 4 is 0 Å². The lowest BCUT2D eigenvalue weighted by Crippen LogP contribution is -2.35. The number of fused-ring (bicyclic) bond motifs is 1. The van der Waals surface area contributed by atoms with Gasteiger partial charge in [-0.3, -0.25) is 0 Å². The van der Waals surface area contributed by atoms with Crippen LogP contribution in [0.15, 0.2) is 36.9 Å². The van der Waals surface area contributed by atoms with Crippen LogP contribution in [0.5, 0.6) is 0 Å². The molecule has 0 amide bonds. The Kier molecular flexibility index (Phi) is 4.65. The van der Waals surface area contributed by atoms with E-state index in [4.69, 9.17) is 4.74 Å². The van der Waals surface area contributed by atoms with Crippen LogP contribution in [0, 0.1) is 5.92 Å². The van der Waals surface area contributed by atoms with E-state index in [0.29, 0.717) is 5.92 Å². The van der Waals surface area contributed by atoms with Crippen LogP contribution >= 0.6 is 0 Å². The van der Waals surface area contributed by atoms with Gasteiger partial charge in [-0.2, -0.15) is 0 Å². The molecule has 3 atom stereocenters. The van der Waals surface area contributed by atoms with Crippen molar-refractivity contribution in [1.29, 1.82) is 0 Å². The Bertz CT molecular complexity index is 671. The van der Waals surface area contributed by atoms with Gasteiger partial charge >= 0.3 is 0 Å². The predicted octanol–water partition coefficient (Wildman–Crippen LogP) is 1.89. The first-order valence-electron chi connectivity index (χ1n) is 8.84. The zero-order valence-corrected chi connectivity index (χ0v) is 13.9. The molecule has 1 aromatic heterocycles. The summed E-state index contributed by atoms with van der Waals surface area (Å²) in [6, 6.07) is 6.64. The van der Waals surface area contributed by atoms with Crippen LogP contribution in [-0.2, 0) is 30.9 Å². The van der Waals surface area contributed by atoms with Crippen molar-refractivity contribution in [2.24, 2.45) is 5.92 Å². The van der Waals surface area contributed by atoms with E-state index in [9.17, 15) is 5.11 Å². The van der Waals surface area contributed by atoms with E-state index in [-0.39, 0.29) is 12.1 Å². The Labute approximate surface area is 142 Å². The second kappa shape index (κ2) is 7.05. The Balaban J connectivity index is 1.36. The zero-order chi connectivity index (χ0) is 16.4. The van der Waals surface area contributed by atoms with Gasteiger partial charge in [-0.05, 0) is 41.9 Å². The quantitative estimate of drug-likeness (QED) is 0.880. The minimum absolute atomic E-state index is 0.175. The third-order valence-electron chi connectivity index (χ3n) is 5.33. The van der Waals surface area contributed by atoms with Crippen molar-refractivity contribution in [3.05, 3.63) is 53.6 Å². The molecule has 1 aromatic carbocycles. The highest BCUT2D eigenvalue weighted by Crippen LogP contribution is 2.28. The number of hydrogen-bond donors (Lipinski definition) is 2. The van der Waals surface area contributed by atoms with Crippen molar-refractivity contribution in [2.45, 2.75) is 51.1 Å². The Morgan fingerprint density at radius 2 is 2.29 bits per heavy atom. The Hall–Kier alpha value is -1.69. The van der Waals surface area contributed by atoms with Gasteiger partial charge in [0.25, 0.3) is 0 Å². The third kappa shape index (κ3) is 3.38. The molecule has 1 aliphatic carbocycles. The first kappa shape index (κ1) is 15.8.